The van der Waals surface area contributed by atoms with Crippen LogP contribution in [-0.2, 0) is 16.1 Å². The molecule has 8 heteroatoms. The number of anilines is 1. The summed E-state index contributed by atoms with van der Waals surface area (Å²) in [7, 11) is 0. The molecule has 0 radical (unpaired) electrons. The number of thioether (sulfide) groups is 1. The van der Waals surface area contributed by atoms with Gasteiger partial charge in [0.2, 0.25) is 0 Å². The Balaban J connectivity index is 1.39. The fourth-order valence-electron chi connectivity index (χ4n) is 3.85. The number of benzene rings is 2. The highest BCUT2D eigenvalue weighted by atomic mass is 32.2. The molecule has 1 heterocycles. The van der Waals surface area contributed by atoms with Crippen LogP contribution in [-0.4, -0.2) is 66.0 Å². The zero-order valence-electron chi connectivity index (χ0n) is 21.0. The van der Waals surface area contributed by atoms with Crippen molar-refractivity contribution in [2.45, 2.75) is 50.7 Å². The second-order valence-electron chi connectivity index (χ2n) is 9.67. The van der Waals surface area contributed by atoms with Crippen LogP contribution in [0.5, 0.6) is 5.75 Å². The largest absolute Gasteiger partial charge is 0.508 e. The minimum absolute atomic E-state index is 0.208. The molecule has 2 aromatic carbocycles. The van der Waals surface area contributed by atoms with E-state index in [9.17, 15) is 14.7 Å². The first-order valence-corrected chi connectivity index (χ1v) is 13.1. The molecule has 1 fully saturated rings. The molecule has 190 valence electrons. The number of hydrogen-bond acceptors (Lipinski definition) is 7. The Morgan fingerprint density at radius 2 is 1.71 bits per heavy atom. The molecule has 2 N–H and O–H groups in total. The normalized spacial score (nSPS) is 14.1. The number of carbonyl (C=O) groups excluding carboxylic acids is 2. The van der Waals surface area contributed by atoms with Crippen molar-refractivity contribution in [3.8, 4) is 5.75 Å². The molecule has 0 unspecified atom stereocenters. The number of hydrogen-bond donors (Lipinski definition) is 2. The van der Waals surface area contributed by atoms with E-state index in [-0.39, 0.29) is 17.6 Å². The molecular weight excluding hydrogens is 462 g/mol. The summed E-state index contributed by atoms with van der Waals surface area (Å²) in [5.74, 6) is 1.34. The van der Waals surface area contributed by atoms with E-state index in [2.05, 4.69) is 22.3 Å². The van der Waals surface area contributed by atoms with Crippen molar-refractivity contribution in [1.82, 2.24) is 10.2 Å². The average Bonchev–Trinajstić information content (AvgIpc) is 2.82. The number of ketones is 1. The molecule has 2 aromatic rings. The van der Waals surface area contributed by atoms with Crippen molar-refractivity contribution in [3.05, 3.63) is 54.1 Å². The van der Waals surface area contributed by atoms with Gasteiger partial charge in [-0.3, -0.25) is 4.79 Å². The molecule has 35 heavy (non-hydrogen) atoms. The van der Waals surface area contributed by atoms with E-state index in [1.54, 1.807) is 28.8 Å². The van der Waals surface area contributed by atoms with Crippen molar-refractivity contribution in [3.63, 3.8) is 0 Å². The second-order valence-corrected chi connectivity index (χ2v) is 10.8. The maximum Gasteiger partial charge on any atom is 0.410 e. The Kier molecular flexibility index (Phi) is 9.86. The van der Waals surface area contributed by atoms with Crippen LogP contribution in [0.1, 0.15) is 39.2 Å². The van der Waals surface area contributed by atoms with Gasteiger partial charge in [0, 0.05) is 49.7 Å². The quantitative estimate of drug-likeness (QED) is 0.363. The number of aromatic hydroxyl groups is 1. The van der Waals surface area contributed by atoms with Gasteiger partial charge in [0.15, 0.2) is 0 Å². The molecule has 1 aliphatic rings. The van der Waals surface area contributed by atoms with E-state index in [1.807, 2.05) is 45.0 Å². The van der Waals surface area contributed by atoms with Gasteiger partial charge in [-0.2, -0.15) is 0 Å². The number of piperazine rings is 1. The van der Waals surface area contributed by atoms with Crippen LogP contribution < -0.4 is 10.2 Å². The van der Waals surface area contributed by atoms with Crippen LogP contribution in [0.25, 0.3) is 0 Å². The van der Waals surface area contributed by atoms with E-state index in [1.165, 1.54) is 0 Å². The lowest BCUT2D eigenvalue weighted by atomic mass is 10.1. The second kappa shape index (κ2) is 12.8. The highest BCUT2D eigenvalue weighted by Crippen LogP contribution is 2.23. The number of phenolic OH excluding ortho intramolecular Hbond substituents is 1. The van der Waals surface area contributed by atoms with Crippen LogP contribution in [0.2, 0.25) is 0 Å². The van der Waals surface area contributed by atoms with Gasteiger partial charge in [-0.05, 0) is 68.8 Å². The van der Waals surface area contributed by atoms with Crippen molar-refractivity contribution in [2.24, 2.45) is 0 Å². The maximum absolute atomic E-state index is 12.3. The number of Topliss-reactive ketones (excluding diaryl/α,β-unsaturated/α-hetero) is 1. The van der Waals surface area contributed by atoms with Crippen LogP contribution in [0.4, 0.5) is 10.5 Å². The van der Waals surface area contributed by atoms with Crippen LogP contribution in [0.15, 0.2) is 53.4 Å². The third-order valence-corrected chi connectivity index (χ3v) is 6.70. The predicted octanol–water partition coefficient (Wildman–Crippen LogP) is 4.68. The van der Waals surface area contributed by atoms with Crippen molar-refractivity contribution in [2.75, 3.05) is 43.4 Å². The molecule has 1 amide bonds. The monoisotopic (exact) mass is 499 g/mol. The van der Waals surface area contributed by atoms with Crippen molar-refractivity contribution in [1.29, 1.82) is 0 Å². The lowest BCUT2D eigenvalue weighted by Crippen LogP contribution is -2.50. The third kappa shape index (κ3) is 9.11. The summed E-state index contributed by atoms with van der Waals surface area (Å²) in [4.78, 5) is 29.8. The number of rotatable bonds is 10. The maximum atomic E-state index is 12.3. The molecule has 0 aliphatic carbocycles. The van der Waals surface area contributed by atoms with Gasteiger partial charge < -0.3 is 25.0 Å². The molecule has 0 spiro atoms. The lowest BCUT2D eigenvalue weighted by molar-refractivity contribution is -0.118. The highest BCUT2D eigenvalue weighted by Gasteiger charge is 2.26. The molecular formula is C27H37N3O4S. The minimum Gasteiger partial charge on any atom is -0.508 e. The van der Waals surface area contributed by atoms with E-state index in [0.29, 0.717) is 32.6 Å². The van der Waals surface area contributed by atoms with E-state index < -0.39 is 5.60 Å². The standard InChI is InChI=1S/C27H37N3O4S/c1-27(2,3)34-26(33)30-16-14-29(15-17-30)25-9-5-4-7-21(25)19-28-20-23(32)8-6-18-35-24-12-10-22(31)11-13-24/h4-5,7,9-13,28,31H,6,8,14-20H2,1-3H3. The van der Waals surface area contributed by atoms with E-state index in [0.717, 1.165) is 41.4 Å². The van der Waals surface area contributed by atoms with Gasteiger partial charge in [0.1, 0.15) is 17.1 Å². The molecule has 3 rings (SSSR count). The SMILES string of the molecule is CC(C)(C)OC(=O)N1CCN(c2ccccc2CNCC(=O)CCCSc2ccc(O)cc2)CC1. The van der Waals surface area contributed by atoms with Crippen molar-refractivity contribution < 1.29 is 19.4 Å². The minimum atomic E-state index is -0.491. The van der Waals surface area contributed by atoms with Crippen LogP contribution in [0, 0.1) is 0 Å². The number of nitrogens with one attached hydrogen (secondary N) is 1. The summed E-state index contributed by atoms with van der Waals surface area (Å²) in [5, 5.41) is 12.6. The summed E-state index contributed by atoms with van der Waals surface area (Å²) in [5.41, 5.74) is 1.80. The Morgan fingerprint density at radius 1 is 1.03 bits per heavy atom. The molecule has 0 aromatic heterocycles. The topological polar surface area (TPSA) is 82.1 Å². The zero-order valence-corrected chi connectivity index (χ0v) is 21.8. The first kappa shape index (κ1) is 26.9. The summed E-state index contributed by atoms with van der Waals surface area (Å²) >= 11 is 1.69. The van der Waals surface area contributed by atoms with E-state index >= 15 is 0 Å². The summed E-state index contributed by atoms with van der Waals surface area (Å²) in [6.45, 7) is 9.35. The van der Waals surface area contributed by atoms with Crippen LogP contribution >= 0.6 is 11.8 Å². The Morgan fingerprint density at radius 3 is 2.40 bits per heavy atom. The van der Waals surface area contributed by atoms with Gasteiger partial charge in [0.25, 0.3) is 0 Å². The number of phenols is 1. The molecule has 0 bridgehead atoms. The fourth-order valence-corrected chi connectivity index (χ4v) is 4.70. The van der Waals surface area contributed by atoms with Gasteiger partial charge in [-0.15, -0.1) is 11.8 Å². The Hall–Kier alpha value is -2.71. The summed E-state index contributed by atoms with van der Waals surface area (Å²) < 4.78 is 5.50. The molecule has 0 atom stereocenters. The molecule has 1 aliphatic heterocycles. The third-order valence-electron chi connectivity index (χ3n) is 5.61. The lowest BCUT2D eigenvalue weighted by Gasteiger charge is -2.37. The molecule has 7 nitrogen and oxygen atoms in total. The summed E-state index contributed by atoms with van der Waals surface area (Å²) in [6, 6.07) is 15.3. The first-order valence-electron chi connectivity index (χ1n) is 12.2. The number of para-hydroxylation sites is 1. The Labute approximate surface area is 212 Å². The average molecular weight is 500 g/mol. The number of amides is 1. The number of carbonyl (C=O) groups is 2. The number of nitrogens with zero attached hydrogens (tertiary/aromatic N) is 2. The Bertz CT molecular complexity index is 967. The van der Waals surface area contributed by atoms with Gasteiger partial charge in [0.05, 0.1) is 6.54 Å². The van der Waals surface area contributed by atoms with Gasteiger partial charge >= 0.3 is 6.09 Å². The molecule has 1 saturated heterocycles. The fraction of sp³-hybridized carbons (Fsp3) is 0.481. The van der Waals surface area contributed by atoms with Gasteiger partial charge in [-0.1, -0.05) is 18.2 Å². The van der Waals surface area contributed by atoms with Crippen LogP contribution in [0.3, 0.4) is 0 Å². The predicted molar refractivity (Wildman–Crippen MR) is 141 cm³/mol. The zero-order chi connectivity index (χ0) is 25.3. The smallest absolute Gasteiger partial charge is 0.410 e. The summed E-state index contributed by atoms with van der Waals surface area (Å²) in [6.07, 6.45) is 1.11. The highest BCUT2D eigenvalue weighted by molar-refractivity contribution is 7.99. The van der Waals surface area contributed by atoms with E-state index in [4.69, 9.17) is 4.74 Å². The first-order chi connectivity index (χ1) is 16.7. The van der Waals surface area contributed by atoms with Crippen molar-refractivity contribution >= 4 is 29.3 Å². The number of ether oxygens (including phenoxy) is 1. The molecule has 0 saturated carbocycles. The van der Waals surface area contributed by atoms with Gasteiger partial charge in [-0.25, -0.2) is 4.79 Å².